The van der Waals surface area contributed by atoms with Gasteiger partial charge in [-0.15, -0.1) is 0 Å². The van der Waals surface area contributed by atoms with E-state index in [0.29, 0.717) is 47.7 Å². The fourth-order valence-corrected chi connectivity index (χ4v) is 130. The molecular formula is C30H50FeO4. The van der Waals surface area contributed by atoms with Gasteiger partial charge in [-0.05, 0) is 0 Å². The molecule has 10 aliphatic heterocycles. The van der Waals surface area contributed by atoms with E-state index in [2.05, 4.69) is 55.4 Å². The molecule has 10 rings (SSSR count). The molecule has 4 nitrogen and oxygen atoms in total. The summed E-state index contributed by atoms with van der Waals surface area (Å²) in [6, 6.07) is 0. The fraction of sp³-hybridized carbons (Fsp3) is 1.00. The number of hydrogen-bond acceptors (Lipinski definition) is 4. The van der Waals surface area contributed by atoms with E-state index in [1.165, 1.54) is 12.8 Å². The van der Waals surface area contributed by atoms with Crippen molar-refractivity contribution in [3.8, 4) is 0 Å². The van der Waals surface area contributed by atoms with Gasteiger partial charge in [0.25, 0.3) is 0 Å². The number of rotatable bonds is 14. The van der Waals surface area contributed by atoms with Gasteiger partial charge in [0.15, 0.2) is 0 Å². The summed E-state index contributed by atoms with van der Waals surface area (Å²) in [4.78, 5) is 0. The number of aliphatic hydroxyl groups is 2. The Morgan fingerprint density at radius 3 is 0.971 bits per heavy atom. The molecule has 2 N–H and O–H groups in total. The Labute approximate surface area is 202 Å². The van der Waals surface area contributed by atoms with Crippen molar-refractivity contribution >= 4 is 0 Å². The first-order valence-corrected chi connectivity index (χ1v) is 20.4. The van der Waals surface area contributed by atoms with Crippen molar-refractivity contribution in [1.82, 2.24) is 0 Å². The summed E-state index contributed by atoms with van der Waals surface area (Å²) in [7, 11) is 0. The van der Waals surface area contributed by atoms with Gasteiger partial charge in [0, 0.05) is 0 Å². The molecule has 0 saturated carbocycles. The Kier molecular flexibility index (Phi) is 1.63. The maximum absolute atomic E-state index is 9.19. The molecule has 0 aromatic heterocycles. The zero-order chi connectivity index (χ0) is 25.2. The van der Waals surface area contributed by atoms with Crippen LogP contribution in [0.4, 0.5) is 0 Å². The molecule has 10 saturated heterocycles. The molecule has 0 aromatic carbocycles. The average Bonchev–Trinajstić information content (AvgIpc) is 3.79. The normalized spacial score (nSPS) is 83.4. The zero-order valence-corrected chi connectivity index (χ0v) is 24.7. The van der Waals surface area contributed by atoms with Crippen molar-refractivity contribution < 1.29 is 26.2 Å². The van der Waals surface area contributed by atoms with Crippen molar-refractivity contribution in [1.29, 1.82) is 0 Å². The molecule has 202 valence electrons. The Bertz CT molecular complexity index is 1390. The summed E-state index contributed by atoms with van der Waals surface area (Å²) in [5.41, 5.74) is 0. The second-order valence-corrected chi connectivity index (χ2v) is 39.7. The Morgan fingerprint density at radius 2 is 0.714 bits per heavy atom. The second-order valence-electron chi connectivity index (χ2n) is 16.9. The van der Waals surface area contributed by atoms with Crippen LogP contribution in [0.15, 0.2) is 0 Å². The van der Waals surface area contributed by atoms with E-state index >= 15 is 0 Å². The van der Waals surface area contributed by atoms with Crippen molar-refractivity contribution in [2.45, 2.75) is 150 Å². The van der Waals surface area contributed by atoms with E-state index in [1.807, 2.05) is 0 Å². The molecule has 10 fully saturated rings. The average molecular weight is 531 g/mol. The molecular weight excluding hydrogens is 480 g/mol. The predicted molar refractivity (Wildman–Crippen MR) is 135 cm³/mol. The third-order valence-electron chi connectivity index (χ3n) is 24.8. The van der Waals surface area contributed by atoms with E-state index in [4.69, 9.17) is 9.47 Å². The summed E-state index contributed by atoms with van der Waals surface area (Å²) >= 11 is 0. The van der Waals surface area contributed by atoms with E-state index in [-0.39, 0.29) is 9.00 Å². The van der Waals surface area contributed by atoms with Crippen LogP contribution < -0.4 is 0 Å². The summed E-state index contributed by atoms with van der Waals surface area (Å²) in [6.07, 6.45) is 8.67. The summed E-state index contributed by atoms with van der Waals surface area (Å²) < 4.78 is 18.9. The van der Waals surface area contributed by atoms with Gasteiger partial charge in [-0.3, -0.25) is 0 Å². The minimum absolute atomic E-state index is 0.138. The molecule has 10 heterocycles. The van der Waals surface area contributed by atoms with Gasteiger partial charge in [-0.25, -0.2) is 0 Å². The van der Waals surface area contributed by atoms with Gasteiger partial charge in [-0.2, -0.15) is 0 Å². The van der Waals surface area contributed by atoms with Crippen LogP contribution in [0.2, 0.25) is 34.5 Å². The maximum atomic E-state index is 9.19. The molecule has 1 spiro atoms. The van der Waals surface area contributed by atoms with Gasteiger partial charge in [0.1, 0.15) is 0 Å². The standard InChI is InChI=1S/2C15H25O2.Fe/c2*1-11-12(2)14(4)15(13(11)3)17-10-8-6-5-7-9-16;/h2*16H,5-10H2,1-4H3;. The topological polar surface area (TPSA) is 58.9 Å². The van der Waals surface area contributed by atoms with Crippen LogP contribution >= 0.6 is 0 Å². The number of aliphatic hydroxyl groups excluding tert-OH is 2. The number of fused-ring (bicyclic) bond motifs is 10. The molecule has 10 aliphatic rings. The third-order valence-corrected chi connectivity index (χ3v) is 79.5. The van der Waals surface area contributed by atoms with Gasteiger partial charge in [0.2, 0.25) is 0 Å². The van der Waals surface area contributed by atoms with E-state index in [1.54, 1.807) is 0 Å². The molecule has 0 aromatic rings. The fourth-order valence-electron chi connectivity index (χ4n) is 30.8. The number of ether oxygens (including phenoxy) is 2. The number of hydrogen-bond donors (Lipinski definition) is 2. The Balaban J connectivity index is 1.14. The van der Waals surface area contributed by atoms with Gasteiger partial charge >= 0.3 is 203 Å². The molecule has 0 amide bonds. The minimum atomic E-state index is -4.84. The van der Waals surface area contributed by atoms with Crippen LogP contribution in [0.5, 0.6) is 0 Å². The van der Waals surface area contributed by atoms with Crippen molar-refractivity contribution in [3.63, 3.8) is 0 Å². The summed E-state index contributed by atoms with van der Waals surface area (Å²) in [6.45, 7) is 19.8. The van der Waals surface area contributed by atoms with Crippen molar-refractivity contribution in [2.75, 3.05) is 26.4 Å². The summed E-state index contributed by atoms with van der Waals surface area (Å²) in [5.74, 6) is 0. The van der Waals surface area contributed by atoms with Gasteiger partial charge < -0.3 is 0 Å². The van der Waals surface area contributed by atoms with Gasteiger partial charge in [0.05, 0.1) is 0 Å². The first-order chi connectivity index (χ1) is 16.2. The van der Waals surface area contributed by atoms with E-state index < -0.39 is 6.51 Å². The van der Waals surface area contributed by atoms with Crippen LogP contribution in [-0.2, 0) is 16.0 Å². The van der Waals surface area contributed by atoms with Crippen LogP contribution in [0.25, 0.3) is 0 Å². The quantitative estimate of drug-likeness (QED) is 0.181. The van der Waals surface area contributed by atoms with Gasteiger partial charge in [-0.1, -0.05) is 0 Å². The van der Waals surface area contributed by atoms with E-state index in [9.17, 15) is 10.2 Å². The first-order valence-electron chi connectivity index (χ1n) is 14.9. The van der Waals surface area contributed by atoms with Crippen LogP contribution in [0.1, 0.15) is 107 Å². The Hall–Kier alpha value is 0.359. The first kappa shape index (κ1) is 21.2. The molecule has 0 bridgehead atoms. The molecule has 8 atom stereocenters. The predicted octanol–water partition coefficient (Wildman–Crippen LogP) is 7.45. The van der Waals surface area contributed by atoms with E-state index in [0.717, 1.165) is 51.7 Å². The second kappa shape index (κ2) is 2.68. The zero-order valence-electron chi connectivity index (χ0n) is 23.5. The number of unbranched alkanes of at least 4 members (excludes halogenated alkanes) is 6. The van der Waals surface area contributed by atoms with Crippen LogP contribution in [0, 0.1) is 0 Å². The van der Waals surface area contributed by atoms with Crippen LogP contribution in [0.3, 0.4) is 0 Å². The van der Waals surface area contributed by atoms with Crippen LogP contribution in [-0.4, -0.2) is 45.6 Å². The van der Waals surface area contributed by atoms with Crippen molar-refractivity contribution in [2.24, 2.45) is 0 Å². The molecule has 0 radical (unpaired) electrons. The SMILES string of the molecule is C[C]12[C]3(C)[C]4(C)[C]5(OCCCCCCO)[C]1(C)[Fe]23451678[C]2(C)[C]1(C)[C]6(C)[C]7(OCCCCCCO)[C]28C. The molecule has 35 heavy (non-hydrogen) atoms. The third kappa shape index (κ3) is 0.280. The van der Waals surface area contributed by atoms with Crippen molar-refractivity contribution in [3.05, 3.63) is 0 Å². The Morgan fingerprint density at radius 1 is 0.429 bits per heavy atom. The molecule has 5 heteroatoms. The molecule has 0 aliphatic carbocycles. The summed E-state index contributed by atoms with van der Waals surface area (Å²) in [5, 5.41) is 18.4. The molecule has 8 unspecified atom stereocenters. The monoisotopic (exact) mass is 530 g/mol.